The number of aryl methyl sites for hydroxylation is 1. The number of carbonyl (C=O) groups is 2. The highest BCUT2D eigenvalue weighted by molar-refractivity contribution is 5.90. The van der Waals surface area contributed by atoms with E-state index in [0.29, 0.717) is 12.0 Å². The molecular formula is C13H16O3. The molecule has 0 aliphatic rings. The molecule has 0 aromatic heterocycles. The maximum absolute atomic E-state index is 11.0. The molecule has 1 aromatic rings. The van der Waals surface area contributed by atoms with Gasteiger partial charge in [-0.1, -0.05) is 13.0 Å². The third-order valence-corrected chi connectivity index (χ3v) is 2.94. The summed E-state index contributed by atoms with van der Waals surface area (Å²) in [7, 11) is 0. The highest BCUT2D eigenvalue weighted by Crippen LogP contribution is 2.24. The topological polar surface area (TPSA) is 54.4 Å². The van der Waals surface area contributed by atoms with Gasteiger partial charge in [-0.3, -0.25) is 0 Å². The Labute approximate surface area is 95.1 Å². The van der Waals surface area contributed by atoms with Crippen molar-refractivity contribution >= 4 is 12.3 Å². The van der Waals surface area contributed by atoms with Gasteiger partial charge in [0.2, 0.25) is 0 Å². The summed E-state index contributed by atoms with van der Waals surface area (Å²) < 4.78 is 0. The fraction of sp³-hybridized carbons (Fsp3) is 0.385. The molecule has 1 atom stereocenters. The minimum Gasteiger partial charge on any atom is -0.478 e. The maximum atomic E-state index is 11.0. The van der Waals surface area contributed by atoms with Gasteiger partial charge in [0.05, 0.1) is 5.56 Å². The minimum absolute atomic E-state index is 0.0647. The number of aromatic carboxylic acids is 1. The lowest BCUT2D eigenvalue weighted by molar-refractivity contribution is -0.108. The van der Waals surface area contributed by atoms with Gasteiger partial charge >= 0.3 is 5.97 Å². The van der Waals surface area contributed by atoms with Crippen LogP contribution >= 0.6 is 0 Å². The van der Waals surface area contributed by atoms with Gasteiger partial charge in [0.1, 0.15) is 6.29 Å². The lowest BCUT2D eigenvalue weighted by atomic mass is 9.92. The van der Waals surface area contributed by atoms with Crippen molar-refractivity contribution in [3.8, 4) is 0 Å². The second kappa shape index (κ2) is 4.92. The molecule has 3 heteroatoms. The second-order valence-electron chi connectivity index (χ2n) is 4.12. The number of hydrogen-bond acceptors (Lipinski definition) is 2. The monoisotopic (exact) mass is 220 g/mol. The number of carbonyl (C=O) groups excluding carboxylic acids is 1. The smallest absolute Gasteiger partial charge is 0.335 e. The first-order valence-corrected chi connectivity index (χ1v) is 5.25. The van der Waals surface area contributed by atoms with Crippen LogP contribution in [-0.2, 0) is 4.79 Å². The molecule has 0 radical (unpaired) electrons. The molecule has 0 amide bonds. The van der Waals surface area contributed by atoms with Crippen LogP contribution in [0.2, 0.25) is 0 Å². The predicted octanol–water partition coefficient (Wildman–Crippen LogP) is 2.69. The summed E-state index contributed by atoms with van der Waals surface area (Å²) in [6.07, 6.45) is 1.28. The Bertz CT molecular complexity index is 421. The first-order chi connectivity index (χ1) is 7.47. The van der Waals surface area contributed by atoms with Gasteiger partial charge in [-0.15, -0.1) is 0 Å². The van der Waals surface area contributed by atoms with Gasteiger partial charge in [-0.25, -0.2) is 4.79 Å². The van der Waals surface area contributed by atoms with Crippen LogP contribution in [0.3, 0.4) is 0 Å². The van der Waals surface area contributed by atoms with Crippen molar-refractivity contribution in [2.24, 2.45) is 0 Å². The molecule has 0 spiro atoms. The van der Waals surface area contributed by atoms with Crippen LogP contribution in [0.5, 0.6) is 0 Å². The Morgan fingerprint density at radius 2 is 2.06 bits per heavy atom. The van der Waals surface area contributed by atoms with E-state index in [1.165, 1.54) is 0 Å². The zero-order chi connectivity index (χ0) is 12.3. The average Bonchev–Trinajstić information content (AvgIpc) is 2.21. The van der Waals surface area contributed by atoms with E-state index in [1.54, 1.807) is 13.0 Å². The average molecular weight is 220 g/mol. The zero-order valence-electron chi connectivity index (χ0n) is 9.78. The molecular weight excluding hydrogens is 204 g/mol. The summed E-state index contributed by atoms with van der Waals surface area (Å²) in [6.45, 7) is 5.61. The SMILES string of the molecule is Cc1cc(C(C)CC=O)cc(C(=O)O)c1C. The molecule has 1 aromatic carbocycles. The third-order valence-electron chi connectivity index (χ3n) is 2.94. The van der Waals surface area contributed by atoms with Gasteiger partial charge in [0.25, 0.3) is 0 Å². The van der Waals surface area contributed by atoms with E-state index in [9.17, 15) is 9.59 Å². The van der Waals surface area contributed by atoms with E-state index in [1.807, 2.05) is 19.9 Å². The lowest BCUT2D eigenvalue weighted by Crippen LogP contribution is -2.05. The molecule has 0 heterocycles. The van der Waals surface area contributed by atoms with E-state index >= 15 is 0 Å². The largest absolute Gasteiger partial charge is 0.478 e. The van der Waals surface area contributed by atoms with Gasteiger partial charge in [-0.2, -0.15) is 0 Å². The predicted molar refractivity (Wildman–Crippen MR) is 62.0 cm³/mol. The summed E-state index contributed by atoms with van der Waals surface area (Å²) in [6, 6.07) is 3.62. The zero-order valence-corrected chi connectivity index (χ0v) is 9.78. The van der Waals surface area contributed by atoms with Crippen LogP contribution in [0.25, 0.3) is 0 Å². The first-order valence-electron chi connectivity index (χ1n) is 5.25. The van der Waals surface area contributed by atoms with Crippen LogP contribution in [0, 0.1) is 13.8 Å². The van der Waals surface area contributed by atoms with Gasteiger partial charge in [-0.05, 0) is 42.5 Å². The van der Waals surface area contributed by atoms with Crippen molar-refractivity contribution in [3.63, 3.8) is 0 Å². The number of aldehydes is 1. The number of rotatable bonds is 4. The molecule has 0 fully saturated rings. The van der Waals surface area contributed by atoms with Crippen LogP contribution in [0.1, 0.15) is 46.3 Å². The van der Waals surface area contributed by atoms with E-state index < -0.39 is 5.97 Å². The highest BCUT2D eigenvalue weighted by Gasteiger charge is 2.13. The van der Waals surface area contributed by atoms with Crippen molar-refractivity contribution in [2.45, 2.75) is 33.1 Å². The van der Waals surface area contributed by atoms with Crippen molar-refractivity contribution in [2.75, 3.05) is 0 Å². The Balaban J connectivity index is 3.23. The molecule has 16 heavy (non-hydrogen) atoms. The molecule has 0 bridgehead atoms. The first kappa shape index (κ1) is 12.4. The van der Waals surface area contributed by atoms with Crippen LogP contribution in [0.15, 0.2) is 12.1 Å². The fourth-order valence-corrected chi connectivity index (χ4v) is 1.67. The summed E-state index contributed by atoms with van der Waals surface area (Å²) in [5.41, 5.74) is 2.97. The van der Waals surface area contributed by atoms with Crippen LogP contribution in [0.4, 0.5) is 0 Å². The lowest BCUT2D eigenvalue weighted by Gasteiger charge is -2.13. The summed E-state index contributed by atoms with van der Waals surface area (Å²) >= 11 is 0. The standard InChI is InChI=1S/C13H16O3/c1-8(4-5-14)11-6-9(2)10(3)12(7-11)13(15)16/h5-8H,4H2,1-3H3,(H,15,16). The highest BCUT2D eigenvalue weighted by atomic mass is 16.4. The summed E-state index contributed by atoms with van der Waals surface area (Å²) in [4.78, 5) is 21.5. The van der Waals surface area contributed by atoms with Gasteiger partial charge < -0.3 is 9.90 Å². The molecule has 1 N–H and O–H groups in total. The Morgan fingerprint density at radius 1 is 1.44 bits per heavy atom. The molecule has 1 unspecified atom stereocenters. The van der Waals surface area contributed by atoms with Crippen molar-refractivity contribution in [1.29, 1.82) is 0 Å². The number of hydrogen-bond donors (Lipinski definition) is 1. The van der Waals surface area contributed by atoms with Crippen molar-refractivity contribution < 1.29 is 14.7 Å². The van der Waals surface area contributed by atoms with Crippen LogP contribution < -0.4 is 0 Å². The van der Waals surface area contributed by atoms with E-state index in [-0.39, 0.29) is 5.92 Å². The quantitative estimate of drug-likeness (QED) is 0.794. The number of carboxylic acids is 1. The Hall–Kier alpha value is -1.64. The summed E-state index contributed by atoms with van der Waals surface area (Å²) in [5.74, 6) is -0.851. The Morgan fingerprint density at radius 3 is 2.56 bits per heavy atom. The maximum Gasteiger partial charge on any atom is 0.335 e. The molecule has 0 saturated carbocycles. The van der Waals surface area contributed by atoms with E-state index in [2.05, 4.69) is 0 Å². The minimum atomic E-state index is -0.916. The molecule has 1 rings (SSSR count). The molecule has 0 saturated heterocycles. The normalized spacial score (nSPS) is 12.2. The van der Waals surface area contributed by atoms with Gasteiger partial charge in [0.15, 0.2) is 0 Å². The number of benzene rings is 1. The van der Waals surface area contributed by atoms with E-state index in [4.69, 9.17) is 5.11 Å². The summed E-state index contributed by atoms with van der Waals surface area (Å²) in [5, 5.41) is 9.06. The van der Waals surface area contributed by atoms with Crippen molar-refractivity contribution in [1.82, 2.24) is 0 Å². The van der Waals surface area contributed by atoms with E-state index in [0.717, 1.165) is 23.0 Å². The molecule has 0 aliphatic carbocycles. The third kappa shape index (κ3) is 2.48. The number of carboxylic acid groups (broad SMARTS) is 1. The Kier molecular flexibility index (Phi) is 3.82. The fourth-order valence-electron chi connectivity index (χ4n) is 1.67. The second-order valence-corrected chi connectivity index (χ2v) is 4.12. The van der Waals surface area contributed by atoms with Gasteiger partial charge in [0, 0.05) is 6.42 Å². The molecule has 86 valence electrons. The molecule has 3 nitrogen and oxygen atoms in total. The van der Waals surface area contributed by atoms with Crippen molar-refractivity contribution in [3.05, 3.63) is 34.4 Å². The van der Waals surface area contributed by atoms with Crippen LogP contribution in [-0.4, -0.2) is 17.4 Å². The molecule has 0 aliphatic heterocycles.